The first-order chi connectivity index (χ1) is 8.34. The molecule has 0 aliphatic carbocycles. The minimum absolute atomic E-state index is 0.693. The van der Waals surface area contributed by atoms with Gasteiger partial charge in [-0.1, -0.05) is 11.6 Å². The minimum Gasteiger partial charge on any atom is -0.376 e. The van der Waals surface area contributed by atoms with E-state index in [0.29, 0.717) is 6.61 Å². The molecule has 3 nitrogen and oxygen atoms in total. The highest BCUT2D eigenvalue weighted by molar-refractivity contribution is 7.16. The lowest BCUT2D eigenvalue weighted by molar-refractivity contribution is 0.108. The van der Waals surface area contributed by atoms with E-state index in [0.717, 1.165) is 37.0 Å². The van der Waals surface area contributed by atoms with Gasteiger partial charge in [0.15, 0.2) is 0 Å². The lowest BCUT2D eigenvalue weighted by atomic mass is 10.3. The predicted molar refractivity (Wildman–Crippen MR) is 72.9 cm³/mol. The number of nitrogens with zero attached hydrogens (tertiary/aromatic N) is 1. The van der Waals surface area contributed by atoms with Crippen LogP contribution in [0.5, 0.6) is 0 Å². The molecule has 2 rings (SSSR count). The lowest BCUT2D eigenvalue weighted by Crippen LogP contribution is -2.43. The Labute approximate surface area is 112 Å². The summed E-state index contributed by atoms with van der Waals surface area (Å²) in [6, 6.07) is 3.95. The Morgan fingerprint density at radius 2 is 2.18 bits per heavy atom. The molecule has 1 aliphatic heterocycles. The van der Waals surface area contributed by atoms with Gasteiger partial charge in [0.2, 0.25) is 0 Å². The number of thiophene rings is 1. The van der Waals surface area contributed by atoms with E-state index in [1.165, 1.54) is 18.0 Å². The fourth-order valence-corrected chi connectivity index (χ4v) is 2.95. The van der Waals surface area contributed by atoms with E-state index in [9.17, 15) is 0 Å². The fourth-order valence-electron chi connectivity index (χ4n) is 1.93. The summed E-state index contributed by atoms with van der Waals surface area (Å²) >= 11 is 7.45. The predicted octanol–water partition coefficient (Wildman–Crippen LogP) is 2.21. The number of rotatable bonds is 6. The molecule has 1 N–H and O–H groups in total. The van der Waals surface area contributed by atoms with Crippen molar-refractivity contribution in [3.63, 3.8) is 0 Å². The number of hydrogen-bond donors (Lipinski definition) is 1. The zero-order chi connectivity index (χ0) is 11.9. The van der Waals surface area contributed by atoms with E-state index in [4.69, 9.17) is 16.3 Å². The Morgan fingerprint density at radius 3 is 2.88 bits per heavy atom. The maximum absolute atomic E-state index is 5.85. The molecule has 1 aliphatic rings. The first-order valence-electron chi connectivity index (χ1n) is 6.09. The normalized spacial score (nSPS) is 17.5. The van der Waals surface area contributed by atoms with E-state index in [1.807, 2.05) is 12.1 Å². The van der Waals surface area contributed by atoms with Crippen molar-refractivity contribution in [2.75, 3.05) is 39.3 Å². The van der Waals surface area contributed by atoms with Crippen molar-refractivity contribution >= 4 is 22.9 Å². The van der Waals surface area contributed by atoms with Gasteiger partial charge in [0.1, 0.15) is 0 Å². The van der Waals surface area contributed by atoms with Crippen molar-refractivity contribution in [1.29, 1.82) is 0 Å². The summed E-state index contributed by atoms with van der Waals surface area (Å²) < 4.78 is 6.47. The number of nitrogens with one attached hydrogen (secondary N) is 1. The molecule has 1 saturated heterocycles. The average molecular weight is 275 g/mol. The van der Waals surface area contributed by atoms with Crippen molar-refractivity contribution in [1.82, 2.24) is 10.2 Å². The molecule has 17 heavy (non-hydrogen) atoms. The Kier molecular flexibility index (Phi) is 5.74. The molecule has 1 aromatic rings. The van der Waals surface area contributed by atoms with Gasteiger partial charge in [-0.15, -0.1) is 11.3 Å². The van der Waals surface area contributed by atoms with Crippen LogP contribution in [0.2, 0.25) is 4.34 Å². The van der Waals surface area contributed by atoms with Gasteiger partial charge in [0.25, 0.3) is 0 Å². The molecule has 1 fully saturated rings. The van der Waals surface area contributed by atoms with Gasteiger partial charge in [-0.3, -0.25) is 0 Å². The molecule has 0 bridgehead atoms. The quantitative estimate of drug-likeness (QED) is 0.805. The third-order valence-corrected chi connectivity index (χ3v) is 4.05. The second-order valence-electron chi connectivity index (χ2n) is 4.20. The van der Waals surface area contributed by atoms with E-state index < -0.39 is 0 Å². The van der Waals surface area contributed by atoms with Crippen molar-refractivity contribution in [3.8, 4) is 0 Å². The second kappa shape index (κ2) is 7.34. The molecule has 0 amide bonds. The van der Waals surface area contributed by atoms with Crippen LogP contribution < -0.4 is 5.32 Å². The molecule has 0 saturated carbocycles. The standard InChI is InChI=1S/C12H19ClN2OS/c13-12-3-2-11(17-12)10-16-9-1-6-15-7-4-14-5-8-15/h2-3,14H,1,4-10H2. The van der Waals surface area contributed by atoms with Crippen LogP contribution in [-0.2, 0) is 11.3 Å². The molecule has 0 spiro atoms. The summed E-state index contributed by atoms with van der Waals surface area (Å²) in [5.74, 6) is 0. The van der Waals surface area contributed by atoms with Crippen molar-refractivity contribution in [2.45, 2.75) is 13.0 Å². The lowest BCUT2D eigenvalue weighted by Gasteiger charge is -2.26. The molecule has 5 heteroatoms. The SMILES string of the molecule is Clc1ccc(COCCCN2CCNCC2)s1. The van der Waals surface area contributed by atoms with Gasteiger partial charge in [-0.2, -0.15) is 0 Å². The van der Waals surface area contributed by atoms with Gasteiger partial charge in [-0.25, -0.2) is 0 Å². The monoisotopic (exact) mass is 274 g/mol. The van der Waals surface area contributed by atoms with Crippen LogP contribution in [0.1, 0.15) is 11.3 Å². The Hall–Kier alpha value is -0.130. The van der Waals surface area contributed by atoms with Gasteiger partial charge in [0.05, 0.1) is 10.9 Å². The van der Waals surface area contributed by atoms with Crippen LogP contribution in [-0.4, -0.2) is 44.2 Å². The van der Waals surface area contributed by atoms with Crippen LogP contribution in [0.4, 0.5) is 0 Å². The number of ether oxygens (including phenoxy) is 1. The Balaban J connectivity index is 1.51. The highest BCUT2D eigenvalue weighted by atomic mass is 35.5. The summed E-state index contributed by atoms with van der Waals surface area (Å²) in [5, 5.41) is 3.36. The number of hydrogen-bond acceptors (Lipinski definition) is 4. The van der Waals surface area contributed by atoms with Gasteiger partial charge in [0, 0.05) is 44.2 Å². The molecule has 1 aromatic heterocycles. The zero-order valence-electron chi connectivity index (χ0n) is 9.95. The molecule has 0 atom stereocenters. The molecule has 0 aromatic carbocycles. The van der Waals surface area contributed by atoms with Crippen LogP contribution in [0.3, 0.4) is 0 Å². The second-order valence-corrected chi connectivity index (χ2v) is 6.00. The fraction of sp³-hybridized carbons (Fsp3) is 0.667. The Bertz CT molecular complexity index is 326. The first-order valence-corrected chi connectivity index (χ1v) is 7.29. The molecule has 0 radical (unpaired) electrons. The maximum Gasteiger partial charge on any atom is 0.0932 e. The van der Waals surface area contributed by atoms with E-state index in [2.05, 4.69) is 10.2 Å². The molecule has 0 unspecified atom stereocenters. The smallest absolute Gasteiger partial charge is 0.0932 e. The van der Waals surface area contributed by atoms with Gasteiger partial charge in [-0.05, 0) is 18.6 Å². The number of halogens is 1. The largest absolute Gasteiger partial charge is 0.376 e. The van der Waals surface area contributed by atoms with E-state index in [1.54, 1.807) is 11.3 Å². The number of piperazine rings is 1. The van der Waals surface area contributed by atoms with Crippen molar-refractivity contribution < 1.29 is 4.74 Å². The van der Waals surface area contributed by atoms with Crippen LogP contribution in [0.15, 0.2) is 12.1 Å². The summed E-state index contributed by atoms with van der Waals surface area (Å²) in [7, 11) is 0. The van der Waals surface area contributed by atoms with Crippen molar-refractivity contribution in [3.05, 3.63) is 21.3 Å². The first kappa shape index (κ1) is 13.3. The Morgan fingerprint density at radius 1 is 1.35 bits per heavy atom. The maximum atomic E-state index is 5.85. The van der Waals surface area contributed by atoms with Crippen molar-refractivity contribution in [2.24, 2.45) is 0 Å². The van der Waals surface area contributed by atoms with Gasteiger partial charge < -0.3 is 15.0 Å². The summed E-state index contributed by atoms with van der Waals surface area (Å²) in [6.07, 6.45) is 1.11. The van der Waals surface area contributed by atoms with Crippen LogP contribution >= 0.6 is 22.9 Å². The van der Waals surface area contributed by atoms with Crippen LogP contribution in [0.25, 0.3) is 0 Å². The third kappa shape index (κ3) is 4.94. The summed E-state index contributed by atoms with van der Waals surface area (Å²) in [5.41, 5.74) is 0. The summed E-state index contributed by atoms with van der Waals surface area (Å²) in [4.78, 5) is 3.69. The van der Waals surface area contributed by atoms with E-state index in [-0.39, 0.29) is 0 Å². The van der Waals surface area contributed by atoms with Crippen LogP contribution in [0, 0.1) is 0 Å². The minimum atomic E-state index is 0.693. The molecular weight excluding hydrogens is 256 g/mol. The average Bonchev–Trinajstić information content (AvgIpc) is 2.76. The molecular formula is C12H19ClN2OS. The third-order valence-electron chi connectivity index (χ3n) is 2.85. The highest BCUT2D eigenvalue weighted by Crippen LogP contribution is 2.21. The molecule has 96 valence electrons. The zero-order valence-corrected chi connectivity index (χ0v) is 11.5. The van der Waals surface area contributed by atoms with Gasteiger partial charge >= 0.3 is 0 Å². The van der Waals surface area contributed by atoms with E-state index >= 15 is 0 Å². The topological polar surface area (TPSA) is 24.5 Å². The summed E-state index contributed by atoms with van der Waals surface area (Å²) in [6.45, 7) is 7.25. The molecule has 2 heterocycles. The highest BCUT2D eigenvalue weighted by Gasteiger charge is 2.08.